The van der Waals surface area contributed by atoms with E-state index in [1.165, 1.54) is 11.3 Å². The van der Waals surface area contributed by atoms with Gasteiger partial charge < -0.3 is 15.3 Å². The molecule has 2 N–H and O–H groups in total. The van der Waals surface area contributed by atoms with Crippen LogP contribution in [0.2, 0.25) is 0 Å². The minimum Gasteiger partial charge on any atom is -0.480 e. The van der Waals surface area contributed by atoms with E-state index in [1.54, 1.807) is 6.92 Å². The number of carboxylic acids is 1. The topological polar surface area (TPSA) is 69.6 Å². The highest BCUT2D eigenvalue weighted by molar-refractivity contribution is 5.80. The fraction of sp³-hybridized carbons (Fsp3) is 0.846. The van der Waals surface area contributed by atoms with Crippen LogP contribution in [0, 0.1) is 5.92 Å². The smallest absolute Gasteiger partial charge is 0.323 e. The summed E-state index contributed by atoms with van der Waals surface area (Å²) < 4.78 is 0. The third kappa shape index (κ3) is 4.55. The maximum absolute atomic E-state index is 11.9. The molecular formula is C13H24N2O3. The van der Waals surface area contributed by atoms with E-state index in [0.717, 1.165) is 31.6 Å². The molecule has 0 heterocycles. The molecule has 0 unspecified atom stereocenters. The molecule has 1 fully saturated rings. The Morgan fingerprint density at radius 2 is 1.83 bits per heavy atom. The van der Waals surface area contributed by atoms with Crippen LogP contribution in [0.4, 0.5) is 4.79 Å². The minimum atomic E-state index is -0.971. The van der Waals surface area contributed by atoms with Crippen molar-refractivity contribution in [3.8, 4) is 0 Å². The molecule has 1 aliphatic carbocycles. The van der Waals surface area contributed by atoms with Gasteiger partial charge in [0, 0.05) is 12.6 Å². The van der Waals surface area contributed by atoms with E-state index in [1.807, 2.05) is 0 Å². The molecule has 0 atom stereocenters. The summed E-state index contributed by atoms with van der Waals surface area (Å²) in [6, 6.07) is -0.0389. The van der Waals surface area contributed by atoms with Crippen molar-refractivity contribution in [2.24, 2.45) is 5.92 Å². The lowest BCUT2D eigenvalue weighted by Crippen LogP contribution is -2.47. The van der Waals surface area contributed by atoms with Crippen molar-refractivity contribution < 1.29 is 14.7 Å². The monoisotopic (exact) mass is 256 g/mol. The number of nitrogens with one attached hydrogen (secondary N) is 1. The Kier molecular flexibility index (Phi) is 5.95. The molecule has 0 bridgehead atoms. The van der Waals surface area contributed by atoms with Gasteiger partial charge in [0.05, 0.1) is 0 Å². The van der Waals surface area contributed by atoms with Gasteiger partial charge in [-0.25, -0.2) is 4.79 Å². The molecule has 1 aliphatic rings. The molecule has 0 aromatic heterocycles. The molecule has 0 aliphatic heterocycles. The second-order valence-electron chi connectivity index (χ2n) is 4.98. The zero-order chi connectivity index (χ0) is 13.5. The third-order valence-corrected chi connectivity index (χ3v) is 3.75. The third-order valence-electron chi connectivity index (χ3n) is 3.75. The molecule has 104 valence electrons. The lowest BCUT2D eigenvalue weighted by atomic mass is 9.84. The minimum absolute atomic E-state index is 0.211. The first-order valence-corrected chi connectivity index (χ1v) is 6.84. The number of likely N-dealkylation sites (N-methyl/N-ethyl adjacent to an activating group) is 1. The number of urea groups is 1. The van der Waals surface area contributed by atoms with E-state index in [0.29, 0.717) is 6.54 Å². The zero-order valence-electron chi connectivity index (χ0n) is 11.3. The van der Waals surface area contributed by atoms with Gasteiger partial charge in [-0.1, -0.05) is 13.3 Å². The molecule has 0 spiro atoms. The van der Waals surface area contributed by atoms with Crippen LogP contribution in [0.3, 0.4) is 0 Å². The van der Waals surface area contributed by atoms with E-state index in [2.05, 4.69) is 12.2 Å². The highest BCUT2D eigenvalue weighted by Crippen LogP contribution is 2.26. The Balaban J connectivity index is 2.37. The summed E-state index contributed by atoms with van der Waals surface area (Å²) in [6.07, 6.45) is 5.55. The lowest BCUT2D eigenvalue weighted by molar-refractivity contribution is -0.137. The second kappa shape index (κ2) is 7.24. The van der Waals surface area contributed by atoms with Gasteiger partial charge in [-0.3, -0.25) is 4.79 Å². The number of hydrogen-bond donors (Lipinski definition) is 2. The fourth-order valence-electron chi connectivity index (χ4n) is 2.47. The van der Waals surface area contributed by atoms with Crippen molar-refractivity contribution in [1.82, 2.24) is 10.2 Å². The molecule has 0 aromatic rings. The van der Waals surface area contributed by atoms with E-state index < -0.39 is 5.97 Å². The summed E-state index contributed by atoms with van der Waals surface area (Å²) >= 11 is 0. The van der Waals surface area contributed by atoms with Gasteiger partial charge in [-0.2, -0.15) is 0 Å². The molecule has 1 saturated carbocycles. The van der Waals surface area contributed by atoms with Crippen LogP contribution >= 0.6 is 0 Å². The largest absolute Gasteiger partial charge is 0.480 e. The highest BCUT2D eigenvalue weighted by Gasteiger charge is 2.23. The normalized spacial score (nSPS) is 23.4. The van der Waals surface area contributed by atoms with E-state index in [9.17, 15) is 9.59 Å². The first-order valence-electron chi connectivity index (χ1n) is 6.84. The summed E-state index contributed by atoms with van der Waals surface area (Å²) in [6.45, 7) is 4.18. The van der Waals surface area contributed by atoms with Crippen molar-refractivity contribution in [3.63, 3.8) is 0 Å². The SMILES string of the molecule is CCC1CCC(NC(=O)N(CC)CC(=O)O)CC1. The quantitative estimate of drug-likeness (QED) is 0.791. The summed E-state index contributed by atoms with van der Waals surface area (Å²) in [5.74, 6) is -0.179. The van der Waals surface area contributed by atoms with Gasteiger partial charge in [0.1, 0.15) is 6.54 Å². The standard InChI is InChI=1S/C13H24N2O3/c1-3-10-5-7-11(8-6-10)14-13(18)15(4-2)9-12(16)17/h10-11H,3-9H2,1-2H3,(H,14,18)(H,16,17). The maximum atomic E-state index is 11.9. The number of carbonyl (C=O) groups excluding carboxylic acids is 1. The van der Waals surface area contributed by atoms with E-state index >= 15 is 0 Å². The first kappa shape index (κ1) is 14.8. The van der Waals surface area contributed by atoms with Crippen molar-refractivity contribution in [2.45, 2.75) is 52.0 Å². The predicted molar refractivity (Wildman–Crippen MR) is 69.5 cm³/mol. The van der Waals surface area contributed by atoms with Crippen LogP contribution in [0.15, 0.2) is 0 Å². The van der Waals surface area contributed by atoms with Crippen molar-refractivity contribution in [2.75, 3.05) is 13.1 Å². The lowest BCUT2D eigenvalue weighted by Gasteiger charge is -2.30. The molecule has 0 aromatic carbocycles. The Labute approximate surface area is 109 Å². The van der Waals surface area contributed by atoms with Gasteiger partial charge in [0.15, 0.2) is 0 Å². The van der Waals surface area contributed by atoms with Crippen molar-refractivity contribution in [1.29, 1.82) is 0 Å². The predicted octanol–water partition coefficient (Wildman–Crippen LogP) is 2.07. The molecule has 18 heavy (non-hydrogen) atoms. The van der Waals surface area contributed by atoms with E-state index in [4.69, 9.17) is 5.11 Å². The Morgan fingerprint density at radius 1 is 1.22 bits per heavy atom. The maximum Gasteiger partial charge on any atom is 0.323 e. The van der Waals surface area contributed by atoms with Gasteiger partial charge in [-0.15, -0.1) is 0 Å². The number of rotatable bonds is 5. The Bertz CT molecular complexity index is 286. The summed E-state index contributed by atoms with van der Waals surface area (Å²) in [5, 5.41) is 11.7. The van der Waals surface area contributed by atoms with Gasteiger partial charge in [-0.05, 0) is 38.5 Å². The molecule has 0 saturated heterocycles. The molecular weight excluding hydrogens is 232 g/mol. The number of aliphatic carboxylic acids is 1. The van der Waals surface area contributed by atoms with Crippen LogP contribution in [0.1, 0.15) is 46.0 Å². The number of carboxylic acid groups (broad SMARTS) is 1. The van der Waals surface area contributed by atoms with Crippen LogP contribution < -0.4 is 5.32 Å². The number of amides is 2. The molecule has 1 rings (SSSR count). The fourth-order valence-corrected chi connectivity index (χ4v) is 2.47. The number of hydrogen-bond acceptors (Lipinski definition) is 2. The van der Waals surface area contributed by atoms with Gasteiger partial charge >= 0.3 is 12.0 Å². The van der Waals surface area contributed by atoms with Crippen LogP contribution in [-0.4, -0.2) is 41.1 Å². The van der Waals surface area contributed by atoms with Crippen LogP contribution in [0.5, 0.6) is 0 Å². The zero-order valence-corrected chi connectivity index (χ0v) is 11.3. The van der Waals surface area contributed by atoms with Crippen LogP contribution in [-0.2, 0) is 4.79 Å². The van der Waals surface area contributed by atoms with E-state index in [-0.39, 0.29) is 18.6 Å². The number of nitrogens with zero attached hydrogens (tertiary/aromatic N) is 1. The number of carbonyl (C=O) groups is 2. The molecule has 5 nitrogen and oxygen atoms in total. The molecule has 2 amide bonds. The molecule has 5 heteroatoms. The first-order chi connectivity index (χ1) is 8.56. The van der Waals surface area contributed by atoms with Gasteiger partial charge in [0.25, 0.3) is 0 Å². The van der Waals surface area contributed by atoms with Crippen molar-refractivity contribution in [3.05, 3.63) is 0 Å². The Morgan fingerprint density at radius 3 is 2.28 bits per heavy atom. The average molecular weight is 256 g/mol. The summed E-state index contributed by atoms with van der Waals surface area (Å²) in [4.78, 5) is 23.8. The summed E-state index contributed by atoms with van der Waals surface area (Å²) in [7, 11) is 0. The van der Waals surface area contributed by atoms with Crippen molar-refractivity contribution >= 4 is 12.0 Å². The molecule has 0 radical (unpaired) electrons. The van der Waals surface area contributed by atoms with Crippen LogP contribution in [0.25, 0.3) is 0 Å². The second-order valence-corrected chi connectivity index (χ2v) is 4.98. The van der Waals surface area contributed by atoms with Gasteiger partial charge in [0.2, 0.25) is 0 Å². The average Bonchev–Trinajstić information content (AvgIpc) is 2.36. The Hall–Kier alpha value is -1.26. The highest BCUT2D eigenvalue weighted by atomic mass is 16.4. The summed E-state index contributed by atoms with van der Waals surface area (Å²) in [5.41, 5.74) is 0.